The lowest BCUT2D eigenvalue weighted by molar-refractivity contribution is -0.113. The van der Waals surface area contributed by atoms with Gasteiger partial charge in [0.2, 0.25) is 5.84 Å². The standard InChI is InChI=1S/C6H10N4O/c1-3(2)4-8-5(10-7)6(11)9-4/h7H2,1-2H3,(H,8,10)(H,9,11). The van der Waals surface area contributed by atoms with Gasteiger partial charge in [-0.2, -0.15) is 5.10 Å². The zero-order chi connectivity index (χ0) is 8.43. The molecule has 5 nitrogen and oxygen atoms in total. The van der Waals surface area contributed by atoms with Gasteiger partial charge in [0, 0.05) is 0 Å². The SMILES string of the molecule is CC(C)=C1NC(=O)C(=NN)N1. The molecule has 1 rings (SSSR count). The van der Waals surface area contributed by atoms with Crippen LogP contribution in [0.2, 0.25) is 0 Å². The van der Waals surface area contributed by atoms with Crippen molar-refractivity contribution < 1.29 is 4.79 Å². The second-order valence-electron chi connectivity index (χ2n) is 2.43. The number of nitrogens with one attached hydrogen (secondary N) is 2. The Bertz CT molecular complexity index is 249. The minimum absolute atomic E-state index is 0.154. The number of amides is 1. The van der Waals surface area contributed by atoms with Gasteiger partial charge in [0.25, 0.3) is 5.91 Å². The predicted octanol–water partition coefficient (Wildman–Crippen LogP) is -0.771. The number of nitrogens with two attached hydrogens (primary N) is 1. The van der Waals surface area contributed by atoms with E-state index < -0.39 is 0 Å². The Morgan fingerprint density at radius 3 is 2.36 bits per heavy atom. The van der Waals surface area contributed by atoms with Gasteiger partial charge in [-0.05, 0) is 19.4 Å². The van der Waals surface area contributed by atoms with E-state index in [9.17, 15) is 4.79 Å². The summed E-state index contributed by atoms with van der Waals surface area (Å²) >= 11 is 0. The number of carbonyl (C=O) groups excluding carboxylic acids is 1. The van der Waals surface area contributed by atoms with Gasteiger partial charge in [-0.3, -0.25) is 4.79 Å². The molecule has 1 heterocycles. The van der Waals surface area contributed by atoms with Crippen LogP contribution in [-0.2, 0) is 4.79 Å². The van der Waals surface area contributed by atoms with Gasteiger partial charge in [0.15, 0.2) is 0 Å². The van der Waals surface area contributed by atoms with E-state index in [0.29, 0.717) is 5.82 Å². The van der Waals surface area contributed by atoms with Crippen molar-refractivity contribution in [3.63, 3.8) is 0 Å². The van der Waals surface area contributed by atoms with Gasteiger partial charge < -0.3 is 16.5 Å². The van der Waals surface area contributed by atoms with Crippen LogP contribution in [0.4, 0.5) is 0 Å². The molecular weight excluding hydrogens is 144 g/mol. The van der Waals surface area contributed by atoms with Gasteiger partial charge in [0.05, 0.1) is 0 Å². The summed E-state index contributed by atoms with van der Waals surface area (Å²) in [6, 6.07) is 0. The van der Waals surface area contributed by atoms with E-state index in [1.165, 1.54) is 0 Å². The van der Waals surface area contributed by atoms with Crippen molar-refractivity contribution in [1.29, 1.82) is 0 Å². The third kappa shape index (κ3) is 1.31. The Morgan fingerprint density at radius 2 is 2.09 bits per heavy atom. The van der Waals surface area contributed by atoms with Crippen LogP contribution < -0.4 is 16.5 Å². The predicted molar refractivity (Wildman–Crippen MR) is 41.3 cm³/mol. The van der Waals surface area contributed by atoms with Crippen LogP contribution >= 0.6 is 0 Å². The zero-order valence-electron chi connectivity index (χ0n) is 6.43. The Labute approximate surface area is 64.3 Å². The normalized spacial score (nSPS) is 20.0. The quantitative estimate of drug-likeness (QED) is 0.316. The van der Waals surface area contributed by atoms with Crippen molar-refractivity contribution in [2.75, 3.05) is 0 Å². The fraction of sp³-hybridized carbons (Fsp3) is 0.333. The first-order chi connectivity index (χ1) is 5.15. The molecule has 4 N–H and O–H groups in total. The number of hydrazone groups is 1. The number of rotatable bonds is 0. The van der Waals surface area contributed by atoms with Crippen LogP contribution in [0.3, 0.4) is 0 Å². The van der Waals surface area contributed by atoms with Crippen LogP contribution in [0.15, 0.2) is 16.5 Å². The third-order valence-corrected chi connectivity index (χ3v) is 1.33. The van der Waals surface area contributed by atoms with E-state index in [4.69, 9.17) is 5.84 Å². The van der Waals surface area contributed by atoms with Crippen molar-refractivity contribution >= 4 is 11.7 Å². The average Bonchev–Trinajstić information content (AvgIpc) is 2.31. The smallest absolute Gasteiger partial charge is 0.294 e. The van der Waals surface area contributed by atoms with Gasteiger partial charge >= 0.3 is 0 Å². The number of hydrogen-bond donors (Lipinski definition) is 3. The molecule has 0 radical (unpaired) electrons. The van der Waals surface area contributed by atoms with Gasteiger partial charge in [-0.15, -0.1) is 0 Å². The Balaban J connectivity index is 2.89. The van der Waals surface area contributed by atoms with Crippen LogP contribution in [0.5, 0.6) is 0 Å². The molecule has 5 heteroatoms. The first kappa shape index (κ1) is 7.59. The van der Waals surface area contributed by atoms with Crippen molar-refractivity contribution in [1.82, 2.24) is 10.6 Å². The molecule has 0 aromatic rings. The molecule has 0 aromatic heterocycles. The summed E-state index contributed by atoms with van der Waals surface area (Å²) in [7, 11) is 0. The molecule has 0 aliphatic carbocycles. The number of hydrogen-bond acceptors (Lipinski definition) is 3. The molecule has 0 unspecified atom stereocenters. The number of allylic oxidation sites excluding steroid dienone is 1. The van der Waals surface area contributed by atoms with E-state index >= 15 is 0 Å². The first-order valence-corrected chi connectivity index (χ1v) is 3.19. The summed E-state index contributed by atoms with van der Waals surface area (Å²) < 4.78 is 0. The summed E-state index contributed by atoms with van der Waals surface area (Å²) in [5, 5.41) is 8.57. The van der Waals surface area contributed by atoms with Crippen LogP contribution in [-0.4, -0.2) is 11.7 Å². The first-order valence-electron chi connectivity index (χ1n) is 3.19. The molecule has 0 saturated carbocycles. The maximum Gasteiger partial charge on any atom is 0.294 e. The summed E-state index contributed by atoms with van der Waals surface area (Å²) in [5.41, 5.74) is 0.983. The summed E-state index contributed by atoms with van der Waals surface area (Å²) in [6.45, 7) is 3.75. The van der Waals surface area contributed by atoms with E-state index in [1.807, 2.05) is 13.8 Å². The molecule has 0 aromatic carbocycles. The molecule has 0 bridgehead atoms. The zero-order valence-corrected chi connectivity index (χ0v) is 6.43. The Kier molecular flexibility index (Phi) is 1.80. The number of carbonyl (C=O) groups is 1. The summed E-state index contributed by atoms with van der Waals surface area (Å²) in [4.78, 5) is 10.9. The van der Waals surface area contributed by atoms with Gasteiger partial charge in [-0.1, -0.05) is 0 Å². The molecule has 1 saturated heterocycles. The highest BCUT2D eigenvalue weighted by molar-refractivity contribution is 6.40. The third-order valence-electron chi connectivity index (χ3n) is 1.33. The maximum absolute atomic E-state index is 10.9. The minimum Gasteiger partial charge on any atom is -0.321 e. The molecular formula is C6H10N4O. The second kappa shape index (κ2) is 2.61. The van der Waals surface area contributed by atoms with Crippen molar-refractivity contribution in [2.24, 2.45) is 10.9 Å². The molecule has 0 spiro atoms. The molecule has 0 atom stereocenters. The highest BCUT2D eigenvalue weighted by atomic mass is 16.2. The lowest BCUT2D eigenvalue weighted by Gasteiger charge is -1.97. The van der Waals surface area contributed by atoms with Gasteiger partial charge in [-0.25, -0.2) is 0 Å². The fourth-order valence-electron chi connectivity index (χ4n) is 0.720. The molecule has 1 fully saturated rings. The number of amidine groups is 1. The molecule has 60 valence electrons. The Morgan fingerprint density at radius 1 is 1.45 bits per heavy atom. The Hall–Kier alpha value is -1.52. The largest absolute Gasteiger partial charge is 0.321 e. The van der Waals surface area contributed by atoms with Crippen molar-refractivity contribution in [3.8, 4) is 0 Å². The number of nitrogens with zero attached hydrogens (tertiary/aromatic N) is 1. The monoisotopic (exact) mass is 154 g/mol. The van der Waals surface area contributed by atoms with Crippen LogP contribution in [0.25, 0.3) is 0 Å². The van der Waals surface area contributed by atoms with Crippen LogP contribution in [0.1, 0.15) is 13.8 Å². The van der Waals surface area contributed by atoms with E-state index in [-0.39, 0.29) is 11.7 Å². The molecule has 1 aliphatic heterocycles. The topological polar surface area (TPSA) is 79.5 Å². The van der Waals surface area contributed by atoms with E-state index in [1.54, 1.807) is 0 Å². The lowest BCUT2D eigenvalue weighted by atomic mass is 10.3. The van der Waals surface area contributed by atoms with Crippen molar-refractivity contribution in [3.05, 3.63) is 11.4 Å². The second-order valence-corrected chi connectivity index (χ2v) is 2.43. The summed E-state index contributed by atoms with van der Waals surface area (Å²) in [6.07, 6.45) is 0. The minimum atomic E-state index is -0.288. The summed E-state index contributed by atoms with van der Waals surface area (Å²) in [5.74, 6) is 5.46. The average molecular weight is 154 g/mol. The fourth-order valence-corrected chi connectivity index (χ4v) is 0.720. The van der Waals surface area contributed by atoms with Gasteiger partial charge in [0.1, 0.15) is 5.82 Å². The highest BCUT2D eigenvalue weighted by Crippen LogP contribution is 2.00. The maximum atomic E-state index is 10.9. The van der Waals surface area contributed by atoms with Crippen molar-refractivity contribution in [2.45, 2.75) is 13.8 Å². The van der Waals surface area contributed by atoms with E-state index in [0.717, 1.165) is 5.57 Å². The van der Waals surface area contributed by atoms with E-state index in [2.05, 4.69) is 15.7 Å². The molecule has 11 heavy (non-hydrogen) atoms. The van der Waals surface area contributed by atoms with Crippen LogP contribution in [0, 0.1) is 0 Å². The molecule has 1 aliphatic rings. The molecule has 1 amide bonds. The highest BCUT2D eigenvalue weighted by Gasteiger charge is 2.22. The lowest BCUT2D eigenvalue weighted by Crippen LogP contribution is -2.22.